The van der Waals surface area contributed by atoms with Crippen molar-refractivity contribution in [2.75, 3.05) is 5.75 Å². The first-order valence-electron chi connectivity index (χ1n) is 6.59. The van der Waals surface area contributed by atoms with Crippen molar-refractivity contribution in [2.45, 2.75) is 25.0 Å². The fourth-order valence-electron chi connectivity index (χ4n) is 1.86. The molecule has 0 saturated heterocycles. The molecule has 1 aromatic carbocycles. The van der Waals surface area contributed by atoms with Gasteiger partial charge in [0.1, 0.15) is 0 Å². The molecule has 21 heavy (non-hydrogen) atoms. The van der Waals surface area contributed by atoms with Crippen LogP contribution in [0.1, 0.15) is 24.2 Å². The highest BCUT2D eigenvalue weighted by molar-refractivity contribution is 7.99. The maximum absolute atomic E-state index is 11.9. The van der Waals surface area contributed by atoms with Gasteiger partial charge in [0.25, 0.3) is 5.56 Å². The average molecular weight is 303 g/mol. The highest BCUT2D eigenvalue weighted by Crippen LogP contribution is 2.14. The fraction of sp³-hybridized carbons (Fsp3) is 0.267. The number of H-pyrrole nitrogens is 1. The summed E-state index contributed by atoms with van der Waals surface area (Å²) in [5.41, 5.74) is 1.49. The molecule has 2 N–H and O–H groups in total. The van der Waals surface area contributed by atoms with Gasteiger partial charge >= 0.3 is 0 Å². The molecule has 0 fully saturated rings. The summed E-state index contributed by atoms with van der Waals surface area (Å²) in [7, 11) is 0. The van der Waals surface area contributed by atoms with E-state index in [4.69, 9.17) is 0 Å². The van der Waals surface area contributed by atoms with Gasteiger partial charge in [-0.3, -0.25) is 9.59 Å². The second-order valence-corrected chi connectivity index (χ2v) is 5.64. The SMILES string of the molecule is Cc1cc(=O)[nH]c(SCC(=O)NC(C)c2ccccc2)n1. The maximum Gasteiger partial charge on any atom is 0.251 e. The lowest BCUT2D eigenvalue weighted by atomic mass is 10.1. The van der Waals surface area contributed by atoms with Gasteiger partial charge in [-0.15, -0.1) is 0 Å². The Hall–Kier alpha value is -2.08. The van der Waals surface area contributed by atoms with Crippen molar-refractivity contribution in [3.63, 3.8) is 0 Å². The standard InChI is InChI=1S/C15H17N3O2S/c1-10-8-13(19)18-15(16-10)21-9-14(20)17-11(2)12-6-4-3-5-7-12/h3-8,11H,9H2,1-2H3,(H,17,20)(H,16,18,19). The van der Waals surface area contributed by atoms with Crippen molar-refractivity contribution in [3.8, 4) is 0 Å². The van der Waals surface area contributed by atoms with E-state index in [9.17, 15) is 9.59 Å². The minimum atomic E-state index is -0.205. The molecule has 1 heterocycles. The largest absolute Gasteiger partial charge is 0.349 e. The summed E-state index contributed by atoms with van der Waals surface area (Å²) in [6.07, 6.45) is 0. The summed E-state index contributed by atoms with van der Waals surface area (Å²) in [4.78, 5) is 30.0. The van der Waals surface area contributed by atoms with Gasteiger partial charge < -0.3 is 10.3 Å². The van der Waals surface area contributed by atoms with Crippen LogP contribution in [0, 0.1) is 6.92 Å². The van der Waals surface area contributed by atoms with Gasteiger partial charge in [-0.05, 0) is 19.4 Å². The maximum atomic E-state index is 11.9. The number of carbonyl (C=O) groups excluding carboxylic acids is 1. The van der Waals surface area contributed by atoms with Gasteiger partial charge in [-0.1, -0.05) is 42.1 Å². The van der Waals surface area contributed by atoms with Crippen molar-refractivity contribution < 1.29 is 4.79 Å². The molecule has 2 aromatic rings. The van der Waals surface area contributed by atoms with Crippen molar-refractivity contribution in [2.24, 2.45) is 0 Å². The molecule has 110 valence electrons. The number of benzene rings is 1. The number of aryl methyl sites for hydroxylation is 1. The highest BCUT2D eigenvalue weighted by atomic mass is 32.2. The predicted octanol–water partition coefficient (Wildman–Crippen LogP) is 2.05. The van der Waals surface area contributed by atoms with Crippen molar-refractivity contribution in [1.82, 2.24) is 15.3 Å². The molecule has 0 spiro atoms. The first kappa shape index (κ1) is 15.3. The summed E-state index contributed by atoms with van der Waals surface area (Å²) >= 11 is 1.22. The first-order chi connectivity index (χ1) is 10.0. The zero-order chi connectivity index (χ0) is 15.2. The number of hydrogen-bond acceptors (Lipinski definition) is 4. The van der Waals surface area contributed by atoms with Gasteiger partial charge in [0.2, 0.25) is 5.91 Å². The Kier molecular flexibility index (Phi) is 5.16. The Balaban J connectivity index is 1.89. The van der Waals surface area contributed by atoms with Crippen LogP contribution in [0.2, 0.25) is 0 Å². The Morgan fingerprint density at radius 1 is 1.38 bits per heavy atom. The predicted molar refractivity (Wildman–Crippen MR) is 83.3 cm³/mol. The molecule has 0 radical (unpaired) electrons. The average Bonchev–Trinajstić information content (AvgIpc) is 2.45. The molecule has 1 aromatic heterocycles. The topological polar surface area (TPSA) is 74.8 Å². The molecule has 1 unspecified atom stereocenters. The molecule has 0 aliphatic carbocycles. The van der Waals surface area contributed by atoms with Gasteiger partial charge in [-0.2, -0.15) is 0 Å². The Labute approximate surface area is 127 Å². The zero-order valence-corrected chi connectivity index (χ0v) is 12.7. The van der Waals surface area contributed by atoms with Crippen LogP contribution in [-0.2, 0) is 4.79 Å². The zero-order valence-electron chi connectivity index (χ0n) is 11.9. The second kappa shape index (κ2) is 7.08. The molecule has 0 aliphatic rings. The lowest BCUT2D eigenvalue weighted by molar-refractivity contribution is -0.119. The van der Waals surface area contributed by atoms with Gasteiger partial charge in [0.15, 0.2) is 5.16 Å². The van der Waals surface area contributed by atoms with E-state index in [1.165, 1.54) is 17.8 Å². The van der Waals surface area contributed by atoms with Crippen molar-refractivity contribution in [3.05, 3.63) is 58.0 Å². The summed E-state index contributed by atoms with van der Waals surface area (Å²) in [5, 5.41) is 3.38. The van der Waals surface area contributed by atoms with E-state index in [0.717, 1.165) is 5.56 Å². The Bertz CT molecular complexity index is 670. The molecule has 2 rings (SSSR count). The number of rotatable bonds is 5. The van der Waals surface area contributed by atoms with Crippen molar-refractivity contribution in [1.29, 1.82) is 0 Å². The molecule has 1 atom stereocenters. The molecular weight excluding hydrogens is 286 g/mol. The number of hydrogen-bond donors (Lipinski definition) is 2. The number of aromatic nitrogens is 2. The molecule has 0 aliphatic heterocycles. The highest BCUT2D eigenvalue weighted by Gasteiger charge is 2.10. The third-order valence-corrected chi connectivity index (χ3v) is 3.74. The van der Waals surface area contributed by atoms with Crippen LogP contribution in [0.25, 0.3) is 0 Å². The number of carbonyl (C=O) groups is 1. The third-order valence-electron chi connectivity index (χ3n) is 2.87. The first-order valence-corrected chi connectivity index (χ1v) is 7.58. The second-order valence-electron chi connectivity index (χ2n) is 4.68. The third kappa shape index (κ3) is 4.75. The molecule has 1 amide bonds. The summed E-state index contributed by atoms with van der Waals surface area (Å²) in [5.74, 6) is 0.115. The van der Waals surface area contributed by atoms with Crippen molar-refractivity contribution >= 4 is 17.7 Å². The van der Waals surface area contributed by atoms with E-state index in [-0.39, 0.29) is 23.3 Å². The van der Waals surface area contributed by atoms with Crippen LogP contribution in [0.4, 0.5) is 0 Å². The van der Waals surface area contributed by atoms with Crippen LogP contribution >= 0.6 is 11.8 Å². The smallest absolute Gasteiger partial charge is 0.251 e. The molecule has 5 nitrogen and oxygen atoms in total. The monoisotopic (exact) mass is 303 g/mol. The number of amides is 1. The quantitative estimate of drug-likeness (QED) is 0.655. The van der Waals surface area contributed by atoms with E-state index < -0.39 is 0 Å². The van der Waals surface area contributed by atoms with Gasteiger partial charge in [-0.25, -0.2) is 4.98 Å². The Morgan fingerprint density at radius 2 is 2.10 bits per heavy atom. The molecular formula is C15H17N3O2S. The number of nitrogens with one attached hydrogen (secondary N) is 2. The molecule has 0 bridgehead atoms. The van der Waals surface area contributed by atoms with Crippen LogP contribution in [0.3, 0.4) is 0 Å². The van der Waals surface area contributed by atoms with Crippen LogP contribution in [-0.4, -0.2) is 21.6 Å². The van der Waals surface area contributed by atoms with Gasteiger partial charge in [0, 0.05) is 11.8 Å². The minimum Gasteiger partial charge on any atom is -0.349 e. The normalized spacial score (nSPS) is 11.9. The number of nitrogens with zero attached hydrogens (tertiary/aromatic N) is 1. The lowest BCUT2D eigenvalue weighted by Gasteiger charge is -2.13. The van der Waals surface area contributed by atoms with E-state index in [2.05, 4.69) is 15.3 Å². The molecule has 0 saturated carbocycles. The van der Waals surface area contributed by atoms with E-state index >= 15 is 0 Å². The van der Waals surface area contributed by atoms with E-state index in [0.29, 0.717) is 10.9 Å². The minimum absolute atomic E-state index is 0.0520. The number of thioether (sulfide) groups is 1. The summed E-state index contributed by atoms with van der Waals surface area (Å²) < 4.78 is 0. The van der Waals surface area contributed by atoms with Crippen LogP contribution < -0.4 is 10.9 Å². The fourth-order valence-corrected chi connectivity index (χ4v) is 2.59. The van der Waals surface area contributed by atoms with Gasteiger partial charge in [0.05, 0.1) is 11.8 Å². The number of aromatic amines is 1. The van der Waals surface area contributed by atoms with Crippen LogP contribution in [0.5, 0.6) is 0 Å². The van der Waals surface area contributed by atoms with E-state index in [1.807, 2.05) is 37.3 Å². The Morgan fingerprint density at radius 3 is 2.76 bits per heavy atom. The van der Waals surface area contributed by atoms with E-state index in [1.54, 1.807) is 6.92 Å². The lowest BCUT2D eigenvalue weighted by Crippen LogP contribution is -2.28. The molecule has 6 heteroatoms. The van der Waals surface area contributed by atoms with Crippen LogP contribution in [0.15, 0.2) is 46.3 Å². The summed E-state index contributed by atoms with van der Waals surface area (Å²) in [6.45, 7) is 3.68. The summed E-state index contributed by atoms with van der Waals surface area (Å²) in [6, 6.07) is 11.1.